The summed E-state index contributed by atoms with van der Waals surface area (Å²) in [4.78, 5) is 17.0. The molecule has 0 radical (unpaired) electrons. The highest BCUT2D eigenvalue weighted by atomic mass is 16.7. The summed E-state index contributed by atoms with van der Waals surface area (Å²) in [5.41, 5.74) is 2.02. The fourth-order valence-electron chi connectivity index (χ4n) is 4.05. The average Bonchev–Trinajstić information content (AvgIpc) is 3.12. The second-order valence-corrected chi connectivity index (χ2v) is 10.5. The van der Waals surface area contributed by atoms with Crippen molar-refractivity contribution in [1.82, 2.24) is 4.98 Å². The van der Waals surface area contributed by atoms with Crippen LogP contribution in [0, 0.1) is 0 Å². The van der Waals surface area contributed by atoms with Crippen molar-refractivity contribution in [1.29, 1.82) is 0 Å². The topological polar surface area (TPSA) is 87.1 Å². The zero-order chi connectivity index (χ0) is 27.8. The van der Waals surface area contributed by atoms with Crippen LogP contribution in [0.5, 0.6) is 5.75 Å². The molecule has 1 fully saturated rings. The molecule has 2 heterocycles. The van der Waals surface area contributed by atoms with Crippen molar-refractivity contribution in [2.75, 3.05) is 13.2 Å². The molecule has 0 spiro atoms. The fourth-order valence-corrected chi connectivity index (χ4v) is 4.05. The van der Waals surface area contributed by atoms with Crippen LogP contribution in [0.15, 0.2) is 72.5 Å². The fraction of sp³-hybridized carbons (Fsp3) is 0.467. The molecular weight excluding hydrogens is 481 g/mol. The van der Waals surface area contributed by atoms with E-state index >= 15 is 0 Å². The van der Waals surface area contributed by atoms with Crippen LogP contribution in [-0.4, -0.2) is 47.6 Å². The molecule has 1 saturated heterocycles. The van der Waals surface area contributed by atoms with E-state index in [0.717, 1.165) is 35.9 Å². The lowest BCUT2D eigenvalue weighted by molar-refractivity contribution is 0.00578. The van der Waals surface area contributed by atoms with E-state index in [9.17, 15) is 4.79 Å². The first-order valence-corrected chi connectivity index (χ1v) is 13.3. The summed E-state index contributed by atoms with van der Waals surface area (Å²) in [5.74, 6) is 0.137. The molecule has 0 unspecified atom stereocenters. The van der Waals surface area contributed by atoms with Gasteiger partial charge < -0.3 is 23.9 Å². The normalized spacial score (nSPS) is 17.2. The summed E-state index contributed by atoms with van der Waals surface area (Å²) >= 11 is 0. The van der Waals surface area contributed by atoms with Gasteiger partial charge in [-0.3, -0.25) is 4.98 Å². The molecule has 0 aliphatic carbocycles. The van der Waals surface area contributed by atoms with Gasteiger partial charge >= 0.3 is 13.1 Å². The minimum absolute atomic E-state index is 0.0925. The standard InChI is InChI=1S/C30H40BNO6/c1-7-8-10-22(2)26(31-37-29(3,4)30(5,6)38-31)13-14-27(36-28(34)23-15-17-32-18-16-23)24-11-9-12-25(21-24)35-20-19-33/h9,11-13,15-18,21,27,33H,2,7-8,10,14,19-20H2,1,3-6H3/b26-13-/t27-/m0/s1. The predicted octanol–water partition coefficient (Wildman–Crippen LogP) is 6.05. The molecule has 1 aromatic carbocycles. The van der Waals surface area contributed by atoms with Gasteiger partial charge in [-0.05, 0) is 75.8 Å². The van der Waals surface area contributed by atoms with Crippen LogP contribution in [-0.2, 0) is 14.0 Å². The van der Waals surface area contributed by atoms with Gasteiger partial charge in [0.05, 0.1) is 23.4 Å². The summed E-state index contributed by atoms with van der Waals surface area (Å²) in [6.07, 6.45) is 7.77. The Morgan fingerprint density at radius 2 is 1.84 bits per heavy atom. The zero-order valence-electron chi connectivity index (χ0n) is 23.2. The van der Waals surface area contributed by atoms with E-state index in [2.05, 4.69) is 18.5 Å². The zero-order valence-corrected chi connectivity index (χ0v) is 23.2. The van der Waals surface area contributed by atoms with E-state index in [4.69, 9.17) is 23.9 Å². The van der Waals surface area contributed by atoms with Crippen LogP contribution in [0.1, 0.15) is 82.3 Å². The molecule has 0 amide bonds. The molecule has 2 aromatic rings. The maximum absolute atomic E-state index is 13.0. The SMILES string of the molecule is C=C(CCCC)/C(=C/C[C@H](OC(=O)c1ccncc1)c1cccc(OCCO)c1)B1OC(C)(C)C(C)(C)O1. The number of hydrogen-bond donors (Lipinski definition) is 1. The molecule has 3 rings (SSSR count). The highest BCUT2D eigenvalue weighted by molar-refractivity contribution is 6.56. The Balaban J connectivity index is 1.94. The summed E-state index contributed by atoms with van der Waals surface area (Å²) in [5, 5.41) is 9.15. The number of hydrogen-bond acceptors (Lipinski definition) is 7. The molecule has 8 heteroatoms. The molecule has 0 saturated carbocycles. The van der Waals surface area contributed by atoms with Crippen LogP contribution >= 0.6 is 0 Å². The molecule has 0 bridgehead atoms. The number of rotatable bonds is 13. The molecule has 7 nitrogen and oxygen atoms in total. The van der Waals surface area contributed by atoms with Crippen molar-refractivity contribution >= 4 is 13.1 Å². The van der Waals surface area contributed by atoms with E-state index in [1.807, 2.05) is 52.0 Å². The molecule has 1 N–H and O–H groups in total. The maximum atomic E-state index is 13.0. The van der Waals surface area contributed by atoms with Crippen LogP contribution < -0.4 is 4.74 Å². The first kappa shape index (κ1) is 29.6. The van der Waals surface area contributed by atoms with Crippen LogP contribution in [0.3, 0.4) is 0 Å². The number of unbranched alkanes of at least 4 members (excludes halogenated alkanes) is 1. The van der Waals surface area contributed by atoms with Gasteiger partial charge in [-0.15, -0.1) is 0 Å². The molecular formula is C30H40BNO6. The van der Waals surface area contributed by atoms with Gasteiger partial charge in [0.15, 0.2) is 0 Å². The third-order valence-corrected chi connectivity index (χ3v) is 7.05. The van der Waals surface area contributed by atoms with Gasteiger partial charge in [0.2, 0.25) is 0 Å². The highest BCUT2D eigenvalue weighted by Gasteiger charge is 2.52. The van der Waals surface area contributed by atoms with E-state index in [1.54, 1.807) is 30.6 Å². The van der Waals surface area contributed by atoms with Crippen molar-refractivity contribution < 1.29 is 28.7 Å². The number of aromatic nitrogens is 1. The summed E-state index contributed by atoms with van der Waals surface area (Å²) in [6, 6.07) is 10.6. The van der Waals surface area contributed by atoms with Crippen molar-refractivity contribution in [3.8, 4) is 5.75 Å². The van der Waals surface area contributed by atoms with E-state index < -0.39 is 30.4 Å². The Kier molecular flexibility index (Phi) is 10.3. The van der Waals surface area contributed by atoms with Crippen molar-refractivity contribution in [2.24, 2.45) is 0 Å². The summed E-state index contributed by atoms with van der Waals surface area (Å²) < 4.78 is 24.4. The Bertz CT molecular complexity index is 1100. The largest absolute Gasteiger partial charge is 0.494 e. The van der Waals surface area contributed by atoms with Gasteiger partial charge in [-0.1, -0.05) is 43.7 Å². The quantitative estimate of drug-likeness (QED) is 0.195. The molecule has 204 valence electrons. The summed E-state index contributed by atoms with van der Waals surface area (Å²) in [6.45, 7) is 14.7. The predicted molar refractivity (Wildman–Crippen MR) is 149 cm³/mol. The monoisotopic (exact) mass is 521 g/mol. The molecule has 1 aliphatic heterocycles. The van der Waals surface area contributed by atoms with Gasteiger partial charge in [0.25, 0.3) is 0 Å². The highest BCUT2D eigenvalue weighted by Crippen LogP contribution is 2.40. The number of aliphatic hydroxyl groups is 1. The van der Waals surface area contributed by atoms with Crippen molar-refractivity contribution in [2.45, 2.75) is 77.6 Å². The Morgan fingerprint density at radius 3 is 2.47 bits per heavy atom. The van der Waals surface area contributed by atoms with Gasteiger partial charge in [-0.2, -0.15) is 0 Å². The third kappa shape index (κ3) is 7.56. The smallest absolute Gasteiger partial charge is 0.491 e. The Labute approximate surface area is 227 Å². The van der Waals surface area contributed by atoms with Crippen LogP contribution in [0.25, 0.3) is 0 Å². The molecule has 1 aromatic heterocycles. The van der Waals surface area contributed by atoms with E-state index in [1.165, 1.54) is 0 Å². The minimum atomic E-state index is -0.607. The second kappa shape index (κ2) is 13.2. The summed E-state index contributed by atoms with van der Waals surface area (Å²) in [7, 11) is -0.569. The van der Waals surface area contributed by atoms with Crippen LogP contribution in [0.4, 0.5) is 0 Å². The molecule has 1 atom stereocenters. The number of aliphatic hydroxyl groups excluding tert-OH is 1. The van der Waals surface area contributed by atoms with E-state index in [0.29, 0.717) is 17.7 Å². The van der Waals surface area contributed by atoms with E-state index in [-0.39, 0.29) is 13.2 Å². The van der Waals surface area contributed by atoms with Crippen molar-refractivity contribution in [3.05, 3.63) is 83.6 Å². The molecule has 38 heavy (non-hydrogen) atoms. The van der Waals surface area contributed by atoms with Gasteiger partial charge in [0, 0.05) is 18.8 Å². The minimum Gasteiger partial charge on any atom is -0.491 e. The lowest BCUT2D eigenvalue weighted by Gasteiger charge is -2.32. The second-order valence-electron chi connectivity index (χ2n) is 10.5. The number of nitrogens with zero attached hydrogens (tertiary/aromatic N) is 1. The Hall–Kier alpha value is -2.94. The Morgan fingerprint density at radius 1 is 1.16 bits per heavy atom. The lowest BCUT2D eigenvalue weighted by atomic mass is 9.72. The molecule has 1 aliphatic rings. The third-order valence-electron chi connectivity index (χ3n) is 7.05. The number of esters is 1. The lowest BCUT2D eigenvalue weighted by Crippen LogP contribution is -2.41. The number of pyridine rings is 1. The maximum Gasteiger partial charge on any atom is 0.494 e. The van der Waals surface area contributed by atoms with Crippen molar-refractivity contribution in [3.63, 3.8) is 0 Å². The number of carbonyl (C=O) groups excluding carboxylic acids is 1. The van der Waals surface area contributed by atoms with Gasteiger partial charge in [0.1, 0.15) is 18.5 Å². The first-order valence-electron chi connectivity index (χ1n) is 13.3. The van der Waals surface area contributed by atoms with Crippen LogP contribution in [0.2, 0.25) is 0 Å². The number of benzene rings is 1. The average molecular weight is 521 g/mol. The number of allylic oxidation sites excluding steroid dienone is 2. The van der Waals surface area contributed by atoms with Gasteiger partial charge in [-0.25, -0.2) is 4.79 Å². The number of ether oxygens (including phenoxy) is 2. The first-order chi connectivity index (χ1) is 18.1. The number of carbonyl (C=O) groups is 1.